The Morgan fingerprint density at radius 3 is 1.53 bits per heavy atom. The summed E-state index contributed by atoms with van der Waals surface area (Å²) in [5.41, 5.74) is 5.34. The van der Waals surface area contributed by atoms with Gasteiger partial charge in [0.1, 0.15) is 6.61 Å². The van der Waals surface area contributed by atoms with Crippen LogP contribution in [0.3, 0.4) is 0 Å². The van der Waals surface area contributed by atoms with Crippen LogP contribution in [0.4, 0.5) is 0 Å². The maximum Gasteiger partial charge on any atom is 0.472 e. The van der Waals surface area contributed by atoms with E-state index >= 15 is 0 Å². The highest BCUT2D eigenvalue weighted by Crippen LogP contribution is 2.43. The third-order valence-electron chi connectivity index (χ3n) is 7.95. The van der Waals surface area contributed by atoms with Crippen LogP contribution in [0.1, 0.15) is 142 Å². The average Bonchev–Trinajstić information content (AvgIpc) is 3.17. The number of unbranched alkanes of at least 4 members (excludes halogenated alkanes) is 8. The van der Waals surface area contributed by atoms with E-state index in [0.717, 1.165) is 77.0 Å². The Labute approximate surface area is 334 Å². The SMILES string of the molecule is CC/C=C\C/C=C\C/C=C\C/C=C\CCCCCCC(=O)O[C@H](COC(=O)CCC/C=C\C/C=C\C/C=C\C/C=C\CCCCC)COP(=O)(O)OCCN. The molecule has 0 aliphatic heterocycles. The Morgan fingerprint density at radius 1 is 0.564 bits per heavy atom. The number of hydrogen-bond acceptors (Lipinski definition) is 8. The fourth-order valence-electron chi connectivity index (χ4n) is 4.91. The zero-order valence-electron chi connectivity index (χ0n) is 34.1. The molecule has 312 valence electrons. The lowest BCUT2D eigenvalue weighted by Gasteiger charge is -2.19. The minimum absolute atomic E-state index is 0.0361. The lowest BCUT2D eigenvalue weighted by molar-refractivity contribution is -0.161. The molecule has 0 aliphatic carbocycles. The molecule has 0 aliphatic rings. The maximum absolute atomic E-state index is 12.6. The van der Waals surface area contributed by atoms with Gasteiger partial charge in [-0.15, -0.1) is 0 Å². The van der Waals surface area contributed by atoms with Gasteiger partial charge in [0, 0.05) is 19.4 Å². The van der Waals surface area contributed by atoms with Crippen LogP contribution in [0.15, 0.2) is 97.2 Å². The summed E-state index contributed by atoms with van der Waals surface area (Å²) < 4.78 is 32.7. The molecule has 1 unspecified atom stereocenters. The number of esters is 2. The minimum Gasteiger partial charge on any atom is -0.462 e. The summed E-state index contributed by atoms with van der Waals surface area (Å²) in [6.07, 6.45) is 51.5. The van der Waals surface area contributed by atoms with E-state index in [1.54, 1.807) is 0 Å². The van der Waals surface area contributed by atoms with Crippen LogP contribution in [0.2, 0.25) is 0 Å². The molecular formula is C45H74NO8P. The molecule has 55 heavy (non-hydrogen) atoms. The zero-order valence-corrected chi connectivity index (χ0v) is 35.0. The molecule has 0 amide bonds. The Hall–Kier alpha value is -3.07. The molecule has 0 fully saturated rings. The van der Waals surface area contributed by atoms with Gasteiger partial charge in [-0.1, -0.05) is 137 Å². The molecule has 0 aromatic heterocycles. The predicted molar refractivity (Wildman–Crippen MR) is 228 cm³/mol. The number of carbonyl (C=O) groups is 2. The van der Waals surface area contributed by atoms with Crippen LogP contribution in [0, 0.1) is 0 Å². The van der Waals surface area contributed by atoms with E-state index in [1.807, 2.05) is 6.08 Å². The van der Waals surface area contributed by atoms with E-state index in [9.17, 15) is 19.0 Å². The van der Waals surface area contributed by atoms with Crippen molar-refractivity contribution in [1.29, 1.82) is 0 Å². The third kappa shape index (κ3) is 40.4. The topological polar surface area (TPSA) is 134 Å². The molecule has 0 saturated heterocycles. The largest absolute Gasteiger partial charge is 0.472 e. The number of allylic oxidation sites excluding steroid dienone is 16. The molecule has 0 heterocycles. The van der Waals surface area contributed by atoms with Crippen molar-refractivity contribution < 1.29 is 37.6 Å². The van der Waals surface area contributed by atoms with Crippen molar-refractivity contribution in [1.82, 2.24) is 0 Å². The average molecular weight is 788 g/mol. The summed E-state index contributed by atoms with van der Waals surface area (Å²) in [4.78, 5) is 34.8. The number of phosphoric ester groups is 1. The number of nitrogens with two attached hydrogens (primary N) is 1. The van der Waals surface area contributed by atoms with Crippen LogP contribution >= 0.6 is 7.82 Å². The van der Waals surface area contributed by atoms with Crippen molar-refractivity contribution in [3.05, 3.63) is 97.2 Å². The molecule has 0 aromatic rings. The first-order chi connectivity index (χ1) is 26.8. The number of carbonyl (C=O) groups excluding carboxylic acids is 2. The lowest BCUT2D eigenvalue weighted by Crippen LogP contribution is -2.29. The first-order valence-corrected chi connectivity index (χ1v) is 22.2. The highest BCUT2D eigenvalue weighted by Gasteiger charge is 2.25. The molecule has 2 atom stereocenters. The lowest BCUT2D eigenvalue weighted by atomic mass is 10.1. The quantitative estimate of drug-likeness (QED) is 0.0273. The molecule has 0 spiro atoms. The molecule has 10 heteroatoms. The summed E-state index contributed by atoms with van der Waals surface area (Å²) in [6.45, 7) is 3.46. The van der Waals surface area contributed by atoms with Gasteiger partial charge in [-0.2, -0.15) is 0 Å². The molecule has 9 nitrogen and oxygen atoms in total. The molecule has 0 saturated carbocycles. The van der Waals surface area contributed by atoms with Gasteiger partial charge in [-0.05, 0) is 89.9 Å². The van der Waals surface area contributed by atoms with E-state index in [0.29, 0.717) is 12.8 Å². The van der Waals surface area contributed by atoms with E-state index < -0.39 is 32.5 Å². The fraction of sp³-hybridized carbons (Fsp3) is 0.600. The van der Waals surface area contributed by atoms with E-state index in [-0.39, 0.29) is 32.6 Å². The third-order valence-corrected chi connectivity index (χ3v) is 8.94. The van der Waals surface area contributed by atoms with Crippen molar-refractivity contribution in [2.45, 2.75) is 148 Å². The Balaban J connectivity index is 4.35. The van der Waals surface area contributed by atoms with Crippen molar-refractivity contribution in [3.63, 3.8) is 0 Å². The summed E-state index contributed by atoms with van der Waals surface area (Å²) in [5, 5.41) is 0. The van der Waals surface area contributed by atoms with Crippen LogP contribution in [-0.4, -0.2) is 49.3 Å². The number of hydrogen-bond donors (Lipinski definition) is 2. The minimum atomic E-state index is -4.40. The van der Waals surface area contributed by atoms with E-state index in [1.165, 1.54) is 25.7 Å². The van der Waals surface area contributed by atoms with Gasteiger partial charge >= 0.3 is 19.8 Å². The van der Waals surface area contributed by atoms with Gasteiger partial charge in [0.25, 0.3) is 0 Å². The molecule has 0 rings (SSSR count). The Bertz CT molecular complexity index is 1220. The van der Waals surface area contributed by atoms with Gasteiger partial charge in [-0.25, -0.2) is 4.57 Å². The second kappa shape index (κ2) is 40.6. The highest BCUT2D eigenvalue weighted by molar-refractivity contribution is 7.47. The fourth-order valence-corrected chi connectivity index (χ4v) is 5.67. The van der Waals surface area contributed by atoms with E-state index in [2.05, 4.69) is 105 Å². The second-order valence-corrected chi connectivity index (χ2v) is 14.6. The summed E-state index contributed by atoms with van der Waals surface area (Å²) in [6, 6.07) is 0. The van der Waals surface area contributed by atoms with Gasteiger partial charge in [0.05, 0.1) is 13.2 Å². The smallest absolute Gasteiger partial charge is 0.462 e. The summed E-state index contributed by atoms with van der Waals surface area (Å²) in [5.74, 6) is -0.934. The summed E-state index contributed by atoms with van der Waals surface area (Å²) >= 11 is 0. The maximum atomic E-state index is 12.6. The number of rotatable bonds is 37. The monoisotopic (exact) mass is 788 g/mol. The first kappa shape index (κ1) is 51.9. The molecule has 3 N–H and O–H groups in total. The van der Waals surface area contributed by atoms with Crippen LogP contribution in [0.25, 0.3) is 0 Å². The summed E-state index contributed by atoms with van der Waals surface area (Å²) in [7, 11) is -4.40. The van der Waals surface area contributed by atoms with Crippen LogP contribution in [-0.2, 0) is 32.7 Å². The normalized spacial score (nSPS) is 14.3. The molecule has 0 bridgehead atoms. The standard InChI is InChI=1S/C45H74NO8P/c1-3-5-7-9-11-13-15-17-19-21-23-25-27-29-31-33-35-37-44(47)51-41-43(42-53-55(49,50)52-40-39-46)54-45(48)38-36-34-32-30-28-26-24-22-20-18-16-14-12-10-8-6-4-2/h6,8,11-14,17-20,23-26,29,31,43H,3-5,7,9-10,15-16,21-22,27-28,30,32-42,46H2,1-2H3,(H,49,50)/b8-6-,13-11-,14-12-,19-17-,20-18-,25-23-,26-24-,31-29-/t43-/m1/s1. The molecular weight excluding hydrogens is 713 g/mol. The number of phosphoric acid groups is 1. The van der Waals surface area contributed by atoms with Gasteiger partial charge in [0.2, 0.25) is 0 Å². The Morgan fingerprint density at radius 2 is 1.02 bits per heavy atom. The highest BCUT2D eigenvalue weighted by atomic mass is 31.2. The number of ether oxygens (including phenoxy) is 2. The van der Waals surface area contributed by atoms with Crippen LogP contribution in [0.5, 0.6) is 0 Å². The predicted octanol–water partition coefficient (Wildman–Crippen LogP) is 11.8. The van der Waals surface area contributed by atoms with Crippen LogP contribution < -0.4 is 5.73 Å². The Kier molecular flexibility index (Phi) is 38.3. The second-order valence-electron chi connectivity index (χ2n) is 13.1. The zero-order chi connectivity index (χ0) is 40.3. The van der Waals surface area contributed by atoms with Crippen molar-refractivity contribution in [3.8, 4) is 0 Å². The van der Waals surface area contributed by atoms with Gasteiger partial charge < -0.3 is 20.1 Å². The van der Waals surface area contributed by atoms with Gasteiger partial charge in [-0.3, -0.25) is 18.6 Å². The first-order valence-electron chi connectivity index (χ1n) is 20.7. The molecule has 0 radical (unpaired) electrons. The van der Waals surface area contributed by atoms with Crippen molar-refractivity contribution in [2.75, 3.05) is 26.4 Å². The van der Waals surface area contributed by atoms with Crippen molar-refractivity contribution in [2.24, 2.45) is 5.73 Å². The molecule has 0 aromatic carbocycles. The van der Waals surface area contributed by atoms with E-state index in [4.69, 9.17) is 24.3 Å². The van der Waals surface area contributed by atoms with Gasteiger partial charge in [0.15, 0.2) is 6.10 Å². The van der Waals surface area contributed by atoms with Crippen molar-refractivity contribution >= 4 is 19.8 Å².